The number of hydrogen-bond acceptors (Lipinski definition) is 4. The van der Waals surface area contributed by atoms with Crippen LogP contribution in [0.5, 0.6) is 11.5 Å². The van der Waals surface area contributed by atoms with Crippen molar-refractivity contribution in [2.75, 3.05) is 0 Å². The van der Waals surface area contributed by atoms with E-state index < -0.39 is 12.2 Å². The molecule has 4 nitrogen and oxygen atoms in total. The molecule has 2 aliphatic rings. The van der Waals surface area contributed by atoms with E-state index in [-0.39, 0.29) is 18.1 Å². The predicted octanol–water partition coefficient (Wildman–Crippen LogP) is 3.03. The van der Waals surface area contributed by atoms with Crippen molar-refractivity contribution in [1.29, 1.82) is 0 Å². The lowest BCUT2D eigenvalue weighted by Crippen LogP contribution is -2.44. The molecule has 0 spiro atoms. The summed E-state index contributed by atoms with van der Waals surface area (Å²) in [6.07, 6.45) is 0.491. The molecule has 6 atom stereocenters. The number of fused-ring (bicyclic) bond motifs is 1. The zero-order chi connectivity index (χ0) is 17.2. The van der Waals surface area contributed by atoms with Crippen molar-refractivity contribution >= 4 is 0 Å². The smallest absolute Gasteiger partial charge is 0.128 e. The third-order valence-electron chi connectivity index (χ3n) is 5.47. The van der Waals surface area contributed by atoms with E-state index in [1.807, 2.05) is 60.7 Å². The third-order valence-corrected chi connectivity index (χ3v) is 5.47. The maximum atomic E-state index is 10.6. The van der Waals surface area contributed by atoms with Gasteiger partial charge in [-0.1, -0.05) is 36.4 Å². The minimum Gasteiger partial charge on any atom is -0.488 e. The number of rotatable bonds is 4. The first-order chi connectivity index (χ1) is 12.2. The predicted molar refractivity (Wildman–Crippen MR) is 94.6 cm³/mol. The van der Waals surface area contributed by atoms with Crippen molar-refractivity contribution in [3.05, 3.63) is 60.7 Å². The molecule has 2 N–H and O–H groups in total. The molecule has 2 aromatic carbocycles. The molecule has 2 fully saturated rings. The van der Waals surface area contributed by atoms with Crippen LogP contribution in [-0.2, 0) is 0 Å². The van der Waals surface area contributed by atoms with E-state index in [1.165, 1.54) is 0 Å². The van der Waals surface area contributed by atoms with Crippen LogP contribution < -0.4 is 9.47 Å². The first-order valence-corrected chi connectivity index (χ1v) is 9.00. The molecule has 4 rings (SSSR count). The topological polar surface area (TPSA) is 58.9 Å². The highest BCUT2D eigenvalue weighted by molar-refractivity contribution is 5.23. The molecule has 6 unspecified atom stereocenters. The Morgan fingerprint density at radius 1 is 0.680 bits per heavy atom. The highest BCUT2D eigenvalue weighted by atomic mass is 16.5. The van der Waals surface area contributed by atoms with Gasteiger partial charge in [0.05, 0.1) is 12.2 Å². The van der Waals surface area contributed by atoms with Crippen LogP contribution in [0.3, 0.4) is 0 Å². The fourth-order valence-electron chi connectivity index (χ4n) is 4.28. The zero-order valence-corrected chi connectivity index (χ0v) is 14.1. The molecule has 0 bridgehead atoms. The lowest BCUT2D eigenvalue weighted by Gasteiger charge is -2.37. The van der Waals surface area contributed by atoms with Crippen LogP contribution in [0, 0.1) is 11.8 Å². The second-order valence-electron chi connectivity index (χ2n) is 7.13. The van der Waals surface area contributed by atoms with Crippen molar-refractivity contribution in [1.82, 2.24) is 0 Å². The summed E-state index contributed by atoms with van der Waals surface area (Å²) in [5, 5.41) is 21.1. The first-order valence-electron chi connectivity index (χ1n) is 9.00. The van der Waals surface area contributed by atoms with Gasteiger partial charge in [0.1, 0.15) is 23.7 Å². The molecule has 0 radical (unpaired) electrons. The summed E-state index contributed by atoms with van der Waals surface area (Å²) < 4.78 is 12.0. The average molecular weight is 340 g/mol. The van der Waals surface area contributed by atoms with Gasteiger partial charge in [-0.3, -0.25) is 0 Å². The Balaban J connectivity index is 1.44. The molecular weight excluding hydrogens is 316 g/mol. The Hall–Kier alpha value is -2.04. The van der Waals surface area contributed by atoms with Crippen LogP contribution in [0.2, 0.25) is 0 Å². The van der Waals surface area contributed by atoms with Crippen molar-refractivity contribution < 1.29 is 19.7 Å². The van der Waals surface area contributed by atoms with E-state index in [2.05, 4.69) is 0 Å². The number of aliphatic hydroxyl groups is 2. The molecule has 25 heavy (non-hydrogen) atoms. The molecule has 0 amide bonds. The van der Waals surface area contributed by atoms with Gasteiger partial charge in [-0.25, -0.2) is 0 Å². The Bertz CT molecular complexity index is 675. The van der Waals surface area contributed by atoms with Crippen molar-refractivity contribution in [2.45, 2.75) is 43.7 Å². The van der Waals surface area contributed by atoms with Gasteiger partial charge in [-0.2, -0.15) is 0 Å². The highest BCUT2D eigenvalue weighted by Gasteiger charge is 2.50. The summed E-state index contributed by atoms with van der Waals surface area (Å²) in [7, 11) is 0. The fourth-order valence-corrected chi connectivity index (χ4v) is 4.28. The Morgan fingerprint density at radius 2 is 1.28 bits per heavy atom. The van der Waals surface area contributed by atoms with Crippen LogP contribution in [0.25, 0.3) is 0 Å². The average Bonchev–Trinajstić information content (AvgIpc) is 2.92. The van der Waals surface area contributed by atoms with Gasteiger partial charge in [-0.15, -0.1) is 0 Å². The summed E-state index contributed by atoms with van der Waals surface area (Å²) in [6.45, 7) is 0. The number of benzene rings is 2. The Morgan fingerprint density at radius 3 is 1.92 bits per heavy atom. The van der Waals surface area contributed by atoms with Crippen molar-refractivity contribution in [3.63, 3.8) is 0 Å². The minimum atomic E-state index is -0.548. The van der Waals surface area contributed by atoms with Crippen LogP contribution in [-0.4, -0.2) is 34.6 Å². The van der Waals surface area contributed by atoms with E-state index in [0.717, 1.165) is 17.9 Å². The third kappa shape index (κ3) is 3.51. The number of hydrogen-bond donors (Lipinski definition) is 2. The van der Waals surface area contributed by atoms with Gasteiger partial charge >= 0.3 is 0 Å². The van der Waals surface area contributed by atoms with Gasteiger partial charge in [0.25, 0.3) is 0 Å². The standard InChI is InChI=1S/C21H24O4/c22-18-13-17-14(12-20(18)24-15-7-3-1-4-8-15)11-19(23)21(17)25-16-9-5-2-6-10-16/h1-10,14,17-23H,11-13H2. The Kier molecular flexibility index (Phi) is 4.64. The molecule has 2 aliphatic carbocycles. The van der Waals surface area contributed by atoms with Gasteiger partial charge in [-0.05, 0) is 49.4 Å². The van der Waals surface area contributed by atoms with Crippen LogP contribution >= 0.6 is 0 Å². The van der Waals surface area contributed by atoms with E-state index in [9.17, 15) is 10.2 Å². The summed E-state index contributed by atoms with van der Waals surface area (Å²) in [6, 6.07) is 19.2. The lowest BCUT2D eigenvalue weighted by molar-refractivity contribution is -0.0474. The summed E-state index contributed by atoms with van der Waals surface area (Å²) in [5.74, 6) is 2.01. The lowest BCUT2D eigenvalue weighted by atomic mass is 9.78. The number of para-hydroxylation sites is 2. The van der Waals surface area contributed by atoms with Gasteiger partial charge in [0, 0.05) is 5.92 Å². The SMILES string of the molecule is OC1CC2C(CC(O)C2Oc2ccccc2)CC1Oc1ccccc1. The highest BCUT2D eigenvalue weighted by Crippen LogP contribution is 2.45. The summed E-state index contributed by atoms with van der Waals surface area (Å²) in [5.41, 5.74) is 0. The molecule has 0 aromatic heterocycles. The maximum absolute atomic E-state index is 10.6. The molecule has 4 heteroatoms. The Labute approximate surface area is 148 Å². The number of ether oxygens (including phenoxy) is 2. The maximum Gasteiger partial charge on any atom is 0.128 e. The molecule has 132 valence electrons. The molecule has 0 saturated heterocycles. The molecular formula is C21H24O4. The normalized spacial score (nSPS) is 34.3. The zero-order valence-electron chi connectivity index (χ0n) is 14.1. The second-order valence-corrected chi connectivity index (χ2v) is 7.13. The van der Waals surface area contributed by atoms with E-state index >= 15 is 0 Å². The summed E-state index contributed by atoms with van der Waals surface area (Å²) >= 11 is 0. The van der Waals surface area contributed by atoms with Crippen molar-refractivity contribution in [3.8, 4) is 11.5 Å². The molecule has 0 heterocycles. The quantitative estimate of drug-likeness (QED) is 0.898. The van der Waals surface area contributed by atoms with E-state index in [1.54, 1.807) is 0 Å². The summed E-state index contributed by atoms with van der Waals surface area (Å²) in [4.78, 5) is 0. The largest absolute Gasteiger partial charge is 0.488 e. The monoisotopic (exact) mass is 340 g/mol. The molecule has 2 saturated carbocycles. The second kappa shape index (κ2) is 7.06. The van der Waals surface area contributed by atoms with Gasteiger partial charge in [0.15, 0.2) is 0 Å². The number of aliphatic hydroxyl groups excluding tert-OH is 2. The van der Waals surface area contributed by atoms with Crippen molar-refractivity contribution in [2.24, 2.45) is 11.8 Å². The first kappa shape index (κ1) is 16.4. The van der Waals surface area contributed by atoms with Gasteiger partial charge in [0.2, 0.25) is 0 Å². The van der Waals surface area contributed by atoms with Gasteiger partial charge < -0.3 is 19.7 Å². The van der Waals surface area contributed by atoms with Crippen LogP contribution in [0.4, 0.5) is 0 Å². The van der Waals surface area contributed by atoms with Crippen LogP contribution in [0.15, 0.2) is 60.7 Å². The van der Waals surface area contributed by atoms with E-state index in [0.29, 0.717) is 18.8 Å². The molecule has 0 aliphatic heterocycles. The van der Waals surface area contributed by atoms with Crippen LogP contribution in [0.1, 0.15) is 19.3 Å². The fraction of sp³-hybridized carbons (Fsp3) is 0.429. The van der Waals surface area contributed by atoms with E-state index in [4.69, 9.17) is 9.47 Å². The minimum absolute atomic E-state index is 0.154. The molecule has 2 aromatic rings.